The second-order valence-electron chi connectivity index (χ2n) is 7.45. The Balaban J connectivity index is 1.32. The number of imide groups is 1. The van der Waals surface area contributed by atoms with Crippen LogP contribution in [0.3, 0.4) is 0 Å². The summed E-state index contributed by atoms with van der Waals surface area (Å²) in [6.45, 7) is 2.55. The number of anilines is 2. The molecule has 1 fully saturated rings. The van der Waals surface area contributed by atoms with Crippen molar-refractivity contribution in [2.45, 2.75) is 19.0 Å². The smallest absolute Gasteiger partial charge is 0.263 e. The van der Waals surface area contributed by atoms with E-state index in [0.717, 1.165) is 10.5 Å². The predicted octanol–water partition coefficient (Wildman–Crippen LogP) is 1.70. The minimum absolute atomic E-state index is 0.202. The summed E-state index contributed by atoms with van der Waals surface area (Å²) >= 11 is 0. The van der Waals surface area contributed by atoms with E-state index in [4.69, 9.17) is 9.47 Å². The van der Waals surface area contributed by atoms with Gasteiger partial charge in [-0.15, -0.1) is 0 Å². The van der Waals surface area contributed by atoms with Crippen LogP contribution in [-0.2, 0) is 14.4 Å². The highest BCUT2D eigenvalue weighted by Gasteiger charge is 2.55. The number of nitrogens with zero attached hydrogens (tertiary/aromatic N) is 4. The first kappa shape index (κ1) is 19.0. The van der Waals surface area contributed by atoms with Crippen molar-refractivity contribution in [2.24, 2.45) is 10.3 Å². The van der Waals surface area contributed by atoms with Gasteiger partial charge in [0.05, 0.1) is 5.69 Å². The third-order valence-electron chi connectivity index (χ3n) is 5.25. The van der Waals surface area contributed by atoms with Crippen LogP contribution in [0.5, 0.6) is 11.5 Å². The van der Waals surface area contributed by atoms with Gasteiger partial charge in [-0.25, -0.2) is 4.90 Å². The van der Waals surface area contributed by atoms with Crippen molar-refractivity contribution in [3.63, 3.8) is 0 Å². The predicted molar refractivity (Wildman–Crippen MR) is 109 cm³/mol. The van der Waals surface area contributed by atoms with Crippen LogP contribution >= 0.6 is 0 Å². The van der Waals surface area contributed by atoms with Crippen molar-refractivity contribution >= 4 is 29.1 Å². The topological polar surface area (TPSA) is 113 Å². The number of benzene rings is 2. The standard InChI is InChI=1S/C21H19N5O5/c1-12-3-2-4-13(9-12)22-17(27)11-25-19-18(23-24-25)20(28)26(21(19)29)14-5-6-15-16(10-14)31-8-7-30-15/h2-6,9-10,18-19H,7-8,11H2,1H3,(H,22,27)/t18-,19-/m0/s1. The maximum atomic E-state index is 13.1. The highest BCUT2D eigenvalue weighted by Crippen LogP contribution is 2.37. The monoisotopic (exact) mass is 421 g/mol. The van der Waals surface area contributed by atoms with E-state index in [1.807, 2.05) is 25.1 Å². The fourth-order valence-electron chi connectivity index (χ4n) is 3.85. The minimum Gasteiger partial charge on any atom is -0.486 e. The lowest BCUT2D eigenvalue weighted by molar-refractivity contribution is -0.123. The number of carbonyl (C=O) groups is 3. The lowest BCUT2D eigenvalue weighted by atomic mass is 10.1. The molecule has 2 atom stereocenters. The summed E-state index contributed by atoms with van der Waals surface area (Å²) in [5, 5.41) is 11.9. The van der Waals surface area contributed by atoms with Gasteiger partial charge in [0, 0.05) is 11.8 Å². The van der Waals surface area contributed by atoms with E-state index in [1.165, 1.54) is 5.01 Å². The van der Waals surface area contributed by atoms with Crippen LogP contribution in [0.2, 0.25) is 0 Å². The molecule has 3 aliphatic heterocycles. The van der Waals surface area contributed by atoms with Crippen molar-refractivity contribution in [2.75, 3.05) is 30.0 Å². The first-order valence-electron chi connectivity index (χ1n) is 9.83. The second kappa shape index (κ2) is 7.38. The number of amides is 3. The number of aryl methyl sites for hydroxylation is 1. The van der Waals surface area contributed by atoms with Gasteiger partial charge in [-0.3, -0.25) is 19.4 Å². The molecule has 2 aromatic rings. The molecule has 0 spiro atoms. The van der Waals surface area contributed by atoms with Gasteiger partial charge < -0.3 is 14.8 Å². The molecule has 1 N–H and O–H groups in total. The van der Waals surface area contributed by atoms with E-state index < -0.39 is 23.9 Å². The van der Waals surface area contributed by atoms with Gasteiger partial charge in [0.1, 0.15) is 19.8 Å². The van der Waals surface area contributed by atoms with Crippen molar-refractivity contribution in [3.8, 4) is 11.5 Å². The van der Waals surface area contributed by atoms with E-state index in [1.54, 1.807) is 24.3 Å². The molecule has 5 rings (SSSR count). The number of ether oxygens (including phenoxy) is 2. The van der Waals surface area contributed by atoms with Gasteiger partial charge in [0.2, 0.25) is 5.91 Å². The third-order valence-corrected chi connectivity index (χ3v) is 5.25. The lowest BCUT2D eigenvalue weighted by Gasteiger charge is -2.22. The molecule has 158 valence electrons. The van der Waals surface area contributed by atoms with E-state index >= 15 is 0 Å². The van der Waals surface area contributed by atoms with Gasteiger partial charge in [-0.2, -0.15) is 5.11 Å². The summed E-state index contributed by atoms with van der Waals surface area (Å²) in [4.78, 5) is 39.5. The van der Waals surface area contributed by atoms with E-state index in [2.05, 4.69) is 15.7 Å². The Morgan fingerprint density at radius 2 is 1.90 bits per heavy atom. The third kappa shape index (κ3) is 3.35. The number of hydrogen-bond acceptors (Lipinski definition) is 8. The zero-order valence-electron chi connectivity index (χ0n) is 16.6. The van der Waals surface area contributed by atoms with E-state index in [-0.39, 0.29) is 12.5 Å². The summed E-state index contributed by atoms with van der Waals surface area (Å²) < 4.78 is 11.0. The molecule has 0 aromatic heterocycles. The first-order valence-corrected chi connectivity index (χ1v) is 9.83. The summed E-state index contributed by atoms with van der Waals surface area (Å²) in [7, 11) is 0. The van der Waals surface area contributed by atoms with Crippen LogP contribution in [0.25, 0.3) is 0 Å². The Hall–Kier alpha value is -3.95. The highest BCUT2D eigenvalue weighted by molar-refractivity contribution is 6.25. The van der Waals surface area contributed by atoms with Crippen LogP contribution < -0.4 is 19.7 Å². The molecular weight excluding hydrogens is 402 g/mol. The fourth-order valence-corrected chi connectivity index (χ4v) is 3.85. The zero-order chi connectivity index (χ0) is 21.5. The number of rotatable bonds is 4. The number of nitrogens with one attached hydrogen (secondary N) is 1. The molecule has 0 unspecified atom stereocenters. The quantitative estimate of drug-likeness (QED) is 0.752. The largest absolute Gasteiger partial charge is 0.486 e. The Morgan fingerprint density at radius 1 is 1.10 bits per heavy atom. The molecule has 1 saturated heterocycles. The number of fused-ring (bicyclic) bond motifs is 2. The van der Waals surface area contributed by atoms with Crippen LogP contribution in [0, 0.1) is 6.92 Å². The Kier molecular flexibility index (Phi) is 4.54. The molecule has 10 heteroatoms. The van der Waals surface area contributed by atoms with Crippen molar-refractivity contribution in [3.05, 3.63) is 48.0 Å². The SMILES string of the molecule is Cc1cccc(NC(=O)CN2N=N[C@@H]3C(=O)N(c4ccc5c(c4)OCCO5)C(=O)[C@H]32)c1. The molecule has 10 nitrogen and oxygen atoms in total. The van der Waals surface area contributed by atoms with Crippen molar-refractivity contribution < 1.29 is 23.9 Å². The Bertz CT molecular complexity index is 1120. The molecule has 31 heavy (non-hydrogen) atoms. The summed E-state index contributed by atoms with van der Waals surface area (Å²) in [5.41, 5.74) is 2.02. The van der Waals surface area contributed by atoms with Gasteiger partial charge >= 0.3 is 0 Å². The molecule has 3 heterocycles. The maximum Gasteiger partial charge on any atom is 0.263 e. The normalized spacial score (nSPS) is 21.5. The van der Waals surface area contributed by atoms with Crippen molar-refractivity contribution in [1.29, 1.82) is 0 Å². The number of carbonyl (C=O) groups excluding carboxylic acids is 3. The molecule has 2 aromatic carbocycles. The van der Waals surface area contributed by atoms with Crippen LogP contribution in [0.1, 0.15) is 5.56 Å². The Labute approximate surface area is 177 Å². The van der Waals surface area contributed by atoms with Crippen molar-refractivity contribution in [1.82, 2.24) is 5.01 Å². The first-order chi connectivity index (χ1) is 15.0. The summed E-state index contributed by atoms with van der Waals surface area (Å²) in [6.07, 6.45) is 0. The molecule has 0 radical (unpaired) electrons. The summed E-state index contributed by atoms with van der Waals surface area (Å²) in [5.74, 6) is -0.305. The molecule has 3 aliphatic rings. The van der Waals surface area contributed by atoms with Crippen LogP contribution in [0.4, 0.5) is 11.4 Å². The van der Waals surface area contributed by atoms with Crippen LogP contribution in [-0.4, -0.2) is 54.6 Å². The lowest BCUT2D eigenvalue weighted by Crippen LogP contribution is -2.43. The Morgan fingerprint density at radius 3 is 2.71 bits per heavy atom. The van der Waals surface area contributed by atoms with Gasteiger partial charge in [0.15, 0.2) is 23.6 Å². The van der Waals surface area contributed by atoms with Gasteiger partial charge in [-0.1, -0.05) is 17.4 Å². The fraction of sp³-hybridized carbons (Fsp3) is 0.286. The molecule has 0 saturated carbocycles. The molecule has 0 bridgehead atoms. The summed E-state index contributed by atoms with van der Waals surface area (Å²) in [6, 6.07) is 10.3. The van der Waals surface area contributed by atoms with Crippen LogP contribution in [0.15, 0.2) is 52.8 Å². The highest BCUT2D eigenvalue weighted by atomic mass is 16.6. The van der Waals surface area contributed by atoms with E-state index in [9.17, 15) is 14.4 Å². The molecular formula is C21H19N5O5. The molecule has 3 amide bonds. The van der Waals surface area contributed by atoms with E-state index in [0.29, 0.717) is 36.1 Å². The minimum atomic E-state index is -0.979. The number of hydrogen-bond donors (Lipinski definition) is 1. The zero-order valence-corrected chi connectivity index (χ0v) is 16.6. The maximum absolute atomic E-state index is 13.1. The average molecular weight is 421 g/mol. The second-order valence-corrected chi connectivity index (χ2v) is 7.45. The van der Waals surface area contributed by atoms with Gasteiger partial charge in [0.25, 0.3) is 11.8 Å². The molecule has 0 aliphatic carbocycles. The van der Waals surface area contributed by atoms with Gasteiger partial charge in [-0.05, 0) is 36.8 Å². The average Bonchev–Trinajstić information content (AvgIpc) is 3.27.